The Kier molecular flexibility index (Phi) is 7.67. The van der Waals surface area contributed by atoms with E-state index in [4.69, 9.17) is 19.3 Å². The number of methoxy groups -OCH3 is 1. The first-order chi connectivity index (χ1) is 23.3. The number of nitrogens with two attached hydrogens (primary N) is 1. The number of hydrogen-bond donors (Lipinski definition) is 2. The van der Waals surface area contributed by atoms with E-state index in [-0.39, 0.29) is 57.4 Å². The van der Waals surface area contributed by atoms with Crippen molar-refractivity contribution < 1.29 is 40.0 Å². The van der Waals surface area contributed by atoms with E-state index in [1.165, 1.54) is 48.8 Å². The average molecular weight is 691 g/mol. The van der Waals surface area contributed by atoms with Gasteiger partial charge in [-0.05, 0) is 60.9 Å². The molecule has 3 N–H and O–H groups in total. The summed E-state index contributed by atoms with van der Waals surface area (Å²) < 4.78 is 88.0. The van der Waals surface area contributed by atoms with Gasteiger partial charge in [0.2, 0.25) is 15.9 Å². The lowest BCUT2D eigenvalue weighted by Crippen LogP contribution is -2.42. The summed E-state index contributed by atoms with van der Waals surface area (Å²) in [6.07, 6.45) is 2.31. The SMILES string of the molecule is CNC(=O)c1c(-c2ccc(F)cc2)oc2cc(N(CC3(N)CC3)S(C)(=O)=O)c(-c3ccc(OC)c(-c4nc5c(F)cc(F)cc5o4)c3)cc12. The number of furan rings is 1. The topological polar surface area (TPSA) is 141 Å². The highest BCUT2D eigenvalue weighted by Crippen LogP contribution is 2.45. The van der Waals surface area contributed by atoms with E-state index >= 15 is 0 Å². The molecule has 0 atom stereocenters. The number of carbonyl (C=O) groups is 1. The Balaban J connectivity index is 1.51. The first kappa shape index (κ1) is 32.2. The van der Waals surface area contributed by atoms with Gasteiger partial charge in [-0.2, -0.15) is 0 Å². The number of hydrogen-bond acceptors (Lipinski definition) is 8. The quantitative estimate of drug-likeness (QED) is 0.173. The maximum Gasteiger partial charge on any atom is 0.255 e. The first-order valence-electron chi connectivity index (χ1n) is 15.1. The van der Waals surface area contributed by atoms with Crippen molar-refractivity contribution in [3.05, 3.63) is 89.7 Å². The molecular weight excluding hydrogens is 661 g/mol. The van der Waals surface area contributed by atoms with E-state index in [1.54, 1.807) is 24.3 Å². The second kappa shape index (κ2) is 11.7. The summed E-state index contributed by atoms with van der Waals surface area (Å²) in [4.78, 5) is 17.6. The van der Waals surface area contributed by atoms with Gasteiger partial charge in [0.1, 0.15) is 34.2 Å². The molecule has 1 aliphatic rings. The van der Waals surface area contributed by atoms with Gasteiger partial charge in [0.15, 0.2) is 11.4 Å². The van der Waals surface area contributed by atoms with Crippen molar-refractivity contribution in [2.75, 3.05) is 31.3 Å². The van der Waals surface area contributed by atoms with Crippen LogP contribution < -0.4 is 20.1 Å². The molecule has 1 fully saturated rings. The lowest BCUT2D eigenvalue weighted by molar-refractivity contribution is 0.0964. The van der Waals surface area contributed by atoms with Gasteiger partial charge in [-0.15, -0.1) is 0 Å². The van der Waals surface area contributed by atoms with Crippen LogP contribution in [0.3, 0.4) is 0 Å². The van der Waals surface area contributed by atoms with E-state index in [0.717, 1.165) is 12.3 Å². The molecule has 0 spiro atoms. The highest BCUT2D eigenvalue weighted by atomic mass is 32.2. The smallest absolute Gasteiger partial charge is 0.255 e. The zero-order chi connectivity index (χ0) is 34.8. The van der Waals surface area contributed by atoms with E-state index in [0.29, 0.717) is 41.0 Å². The molecule has 1 amide bonds. The fraction of sp³-hybridized carbons (Fsp3) is 0.200. The maximum absolute atomic E-state index is 14.6. The first-order valence-corrected chi connectivity index (χ1v) is 16.9. The van der Waals surface area contributed by atoms with Crippen molar-refractivity contribution in [1.82, 2.24) is 10.3 Å². The summed E-state index contributed by atoms with van der Waals surface area (Å²) in [7, 11) is -1.06. The standard InChI is InChI=1S/C35H29F3N4O6S/c1-40-33(43)30-23-15-22(19-6-9-27(46-2)24(12-19)34-41-31-25(38)13-21(37)14-29(31)48-34)26(42(49(3,44)45)17-35(39)10-11-35)16-28(23)47-32(30)18-4-7-20(36)8-5-18/h4-9,12-16H,10-11,17,39H2,1-3H3,(H,40,43). The van der Waals surface area contributed by atoms with Gasteiger partial charge in [0, 0.05) is 47.3 Å². The predicted octanol–water partition coefficient (Wildman–Crippen LogP) is 6.62. The fourth-order valence-corrected chi connectivity index (χ4v) is 6.83. The molecule has 10 nitrogen and oxygen atoms in total. The molecule has 0 saturated heterocycles. The van der Waals surface area contributed by atoms with Gasteiger partial charge in [0.25, 0.3) is 5.91 Å². The van der Waals surface area contributed by atoms with Crippen LogP contribution in [-0.4, -0.2) is 51.8 Å². The number of anilines is 1. The van der Waals surface area contributed by atoms with Gasteiger partial charge in [-0.3, -0.25) is 9.10 Å². The highest BCUT2D eigenvalue weighted by Gasteiger charge is 2.42. The Labute approximate surface area is 278 Å². The highest BCUT2D eigenvalue weighted by molar-refractivity contribution is 7.92. The predicted molar refractivity (Wildman–Crippen MR) is 178 cm³/mol. The molecular formula is C35H29F3N4O6S. The second-order valence-electron chi connectivity index (χ2n) is 12.1. The van der Waals surface area contributed by atoms with Gasteiger partial charge < -0.3 is 24.6 Å². The summed E-state index contributed by atoms with van der Waals surface area (Å²) in [5, 5.41) is 2.96. The molecule has 49 heavy (non-hydrogen) atoms. The number of rotatable bonds is 9. The van der Waals surface area contributed by atoms with Gasteiger partial charge in [-0.25, -0.2) is 26.6 Å². The number of nitrogens with one attached hydrogen (secondary N) is 1. The normalized spacial score (nSPS) is 13.9. The Morgan fingerprint density at radius 1 is 0.959 bits per heavy atom. The average Bonchev–Trinajstić information content (AvgIpc) is 3.46. The van der Waals surface area contributed by atoms with Crippen molar-refractivity contribution in [1.29, 1.82) is 0 Å². The third kappa shape index (κ3) is 5.86. The summed E-state index contributed by atoms with van der Waals surface area (Å²) in [5.41, 5.74) is 7.41. The minimum Gasteiger partial charge on any atom is -0.496 e. The minimum absolute atomic E-state index is 0.0306. The summed E-state index contributed by atoms with van der Waals surface area (Å²) in [6.45, 7) is -0.0306. The number of nitrogens with zero attached hydrogens (tertiary/aromatic N) is 2. The van der Waals surface area contributed by atoms with E-state index in [9.17, 15) is 26.4 Å². The van der Waals surface area contributed by atoms with Crippen molar-refractivity contribution in [2.24, 2.45) is 5.73 Å². The van der Waals surface area contributed by atoms with Crippen LogP contribution in [0.25, 0.3) is 56.0 Å². The molecule has 1 saturated carbocycles. The molecule has 2 aromatic heterocycles. The number of sulfonamides is 1. The largest absolute Gasteiger partial charge is 0.496 e. The molecule has 0 unspecified atom stereocenters. The number of benzene rings is 4. The maximum atomic E-state index is 14.6. The Morgan fingerprint density at radius 2 is 1.67 bits per heavy atom. The van der Waals surface area contributed by atoms with Crippen LogP contribution >= 0.6 is 0 Å². The van der Waals surface area contributed by atoms with Gasteiger partial charge in [-0.1, -0.05) is 6.07 Å². The number of ether oxygens (including phenoxy) is 1. The zero-order valence-corrected chi connectivity index (χ0v) is 27.3. The molecule has 14 heteroatoms. The van der Waals surface area contributed by atoms with Crippen LogP contribution in [0.1, 0.15) is 23.2 Å². The van der Waals surface area contributed by atoms with Crippen molar-refractivity contribution in [2.45, 2.75) is 18.4 Å². The number of aromatic nitrogens is 1. The summed E-state index contributed by atoms with van der Waals surface area (Å²) in [6, 6.07) is 15.2. The van der Waals surface area contributed by atoms with Crippen LogP contribution in [-0.2, 0) is 10.0 Å². The Bertz CT molecular complexity index is 2400. The summed E-state index contributed by atoms with van der Waals surface area (Å²) >= 11 is 0. The molecule has 0 aliphatic heterocycles. The number of fused-ring (bicyclic) bond motifs is 2. The fourth-order valence-electron chi connectivity index (χ4n) is 5.83. The molecule has 7 rings (SSSR count). The van der Waals surface area contributed by atoms with Crippen molar-refractivity contribution in [3.63, 3.8) is 0 Å². The third-order valence-electron chi connectivity index (χ3n) is 8.54. The number of oxazole rings is 1. The number of amides is 1. The van der Waals surface area contributed by atoms with Crippen LogP contribution in [0.2, 0.25) is 0 Å². The number of carbonyl (C=O) groups excluding carboxylic acids is 1. The van der Waals surface area contributed by atoms with Gasteiger partial charge >= 0.3 is 0 Å². The molecule has 0 radical (unpaired) electrons. The molecule has 252 valence electrons. The van der Waals surface area contributed by atoms with Crippen LogP contribution in [0.5, 0.6) is 5.75 Å². The number of halogens is 3. The molecule has 1 aliphatic carbocycles. The minimum atomic E-state index is -3.93. The molecule has 6 aromatic rings. The summed E-state index contributed by atoms with van der Waals surface area (Å²) in [5.74, 6) is -2.37. The lowest BCUT2D eigenvalue weighted by atomic mass is 9.96. The van der Waals surface area contributed by atoms with Crippen LogP contribution in [0, 0.1) is 17.5 Å². The van der Waals surface area contributed by atoms with Crippen molar-refractivity contribution >= 4 is 43.7 Å². The Morgan fingerprint density at radius 3 is 2.33 bits per heavy atom. The molecule has 4 aromatic carbocycles. The molecule has 0 bridgehead atoms. The van der Waals surface area contributed by atoms with Gasteiger partial charge in [0.05, 0.1) is 36.7 Å². The monoisotopic (exact) mass is 690 g/mol. The van der Waals surface area contributed by atoms with E-state index in [2.05, 4.69) is 10.3 Å². The van der Waals surface area contributed by atoms with Crippen LogP contribution in [0.15, 0.2) is 75.6 Å². The van der Waals surface area contributed by atoms with E-state index in [1.807, 2.05) is 0 Å². The Hall–Kier alpha value is -5.34. The van der Waals surface area contributed by atoms with E-state index < -0.39 is 38.9 Å². The zero-order valence-electron chi connectivity index (χ0n) is 26.4. The third-order valence-corrected chi connectivity index (χ3v) is 9.67. The van der Waals surface area contributed by atoms with Crippen molar-refractivity contribution in [3.8, 4) is 39.7 Å². The second-order valence-corrected chi connectivity index (χ2v) is 14.0. The molecule has 2 heterocycles. The van der Waals surface area contributed by atoms with Crippen LogP contribution in [0.4, 0.5) is 18.9 Å². The lowest BCUT2D eigenvalue weighted by Gasteiger charge is -2.28.